The van der Waals surface area contributed by atoms with E-state index in [4.69, 9.17) is 14.0 Å². The van der Waals surface area contributed by atoms with E-state index in [9.17, 15) is 8.42 Å². The minimum absolute atomic E-state index is 0.0289. The molecule has 0 saturated carbocycles. The van der Waals surface area contributed by atoms with Crippen LogP contribution in [0.2, 0.25) is 0 Å². The lowest BCUT2D eigenvalue weighted by atomic mass is 9.79. The first-order valence-corrected chi connectivity index (χ1v) is 10.2. The molecule has 25 heavy (non-hydrogen) atoms. The fourth-order valence-corrected chi connectivity index (χ4v) is 3.94. The molecule has 1 aromatic carbocycles. The monoisotopic (exact) mass is 367 g/mol. The Hall–Kier alpha value is -0.925. The van der Waals surface area contributed by atoms with Crippen molar-refractivity contribution in [2.45, 2.75) is 62.7 Å². The molecule has 138 valence electrons. The summed E-state index contributed by atoms with van der Waals surface area (Å²) in [4.78, 5) is 0.228. The number of sulfonamides is 1. The number of hydrogen-bond acceptors (Lipinski definition) is 5. The Bertz CT molecular complexity index is 695. The van der Waals surface area contributed by atoms with Gasteiger partial charge >= 0.3 is 7.12 Å². The third-order valence-electron chi connectivity index (χ3n) is 5.24. The first-order chi connectivity index (χ1) is 11.6. The molecule has 1 aromatic rings. The predicted octanol–water partition coefficient (Wildman–Crippen LogP) is 1.44. The largest absolute Gasteiger partial charge is 0.494 e. The van der Waals surface area contributed by atoms with Crippen LogP contribution in [-0.2, 0) is 24.1 Å². The Kier molecular flexibility index (Phi) is 5.03. The molecule has 1 N–H and O–H groups in total. The average molecular weight is 367 g/mol. The molecule has 0 aliphatic carbocycles. The molecule has 1 unspecified atom stereocenters. The van der Waals surface area contributed by atoms with E-state index in [-0.39, 0.29) is 11.0 Å². The van der Waals surface area contributed by atoms with E-state index in [0.29, 0.717) is 13.2 Å². The number of nitrogens with one attached hydrogen (secondary N) is 1. The van der Waals surface area contributed by atoms with Crippen molar-refractivity contribution in [3.8, 4) is 0 Å². The van der Waals surface area contributed by atoms with E-state index in [1.54, 1.807) is 24.3 Å². The highest BCUT2D eigenvalue weighted by Gasteiger charge is 2.51. The summed E-state index contributed by atoms with van der Waals surface area (Å²) in [7, 11) is -4.04. The minimum Gasteiger partial charge on any atom is -0.399 e. The van der Waals surface area contributed by atoms with Gasteiger partial charge in [-0.1, -0.05) is 12.1 Å². The normalized spacial score (nSPS) is 25.4. The number of benzene rings is 1. The molecular weight excluding hydrogens is 341 g/mol. The van der Waals surface area contributed by atoms with Crippen molar-refractivity contribution in [1.82, 2.24) is 4.72 Å². The summed E-state index contributed by atoms with van der Waals surface area (Å²) in [6.07, 6.45) is 1.84. The topological polar surface area (TPSA) is 73.9 Å². The van der Waals surface area contributed by atoms with Gasteiger partial charge in [0.1, 0.15) is 0 Å². The molecular formula is C17H26BNO5S. The van der Waals surface area contributed by atoms with E-state index >= 15 is 0 Å². The summed E-state index contributed by atoms with van der Waals surface area (Å²) in [5.41, 5.74) is -0.0482. The van der Waals surface area contributed by atoms with Gasteiger partial charge in [0.25, 0.3) is 0 Å². The first-order valence-electron chi connectivity index (χ1n) is 8.68. The zero-order valence-corrected chi connectivity index (χ0v) is 16.1. The molecule has 2 saturated heterocycles. The van der Waals surface area contributed by atoms with Crippen LogP contribution < -0.4 is 10.2 Å². The maximum Gasteiger partial charge on any atom is 0.494 e. The number of ether oxygens (including phenoxy) is 1. The van der Waals surface area contributed by atoms with Gasteiger partial charge in [0.2, 0.25) is 10.0 Å². The van der Waals surface area contributed by atoms with Gasteiger partial charge in [0.05, 0.1) is 22.2 Å². The van der Waals surface area contributed by atoms with Crippen molar-refractivity contribution in [3.05, 3.63) is 24.3 Å². The third kappa shape index (κ3) is 3.93. The average Bonchev–Trinajstić information content (AvgIpc) is 3.12. The summed E-state index contributed by atoms with van der Waals surface area (Å²) in [5, 5.41) is 0. The van der Waals surface area contributed by atoms with Crippen LogP contribution >= 0.6 is 0 Å². The van der Waals surface area contributed by atoms with Gasteiger partial charge < -0.3 is 14.0 Å². The summed E-state index contributed by atoms with van der Waals surface area (Å²) in [6, 6.07) is 6.64. The second-order valence-corrected chi connectivity index (χ2v) is 9.41. The second kappa shape index (κ2) is 6.66. The molecule has 2 aliphatic heterocycles. The molecule has 0 amide bonds. The van der Waals surface area contributed by atoms with Gasteiger partial charge in [0, 0.05) is 13.2 Å². The van der Waals surface area contributed by atoms with Crippen molar-refractivity contribution in [2.75, 3.05) is 13.2 Å². The molecule has 0 aromatic heterocycles. The number of hydrogen-bond donors (Lipinski definition) is 1. The maximum atomic E-state index is 12.4. The molecule has 8 heteroatoms. The summed E-state index contributed by atoms with van der Waals surface area (Å²) >= 11 is 0. The van der Waals surface area contributed by atoms with Crippen LogP contribution in [0, 0.1) is 0 Å². The SMILES string of the molecule is CC1(C)OB(c2ccc(S(=O)(=O)NCC3CCCO3)cc2)OC1(C)C. The highest BCUT2D eigenvalue weighted by molar-refractivity contribution is 7.89. The van der Waals surface area contributed by atoms with E-state index in [2.05, 4.69) is 4.72 Å². The molecule has 3 rings (SSSR count). The maximum absolute atomic E-state index is 12.4. The highest BCUT2D eigenvalue weighted by atomic mass is 32.2. The summed E-state index contributed by atoms with van der Waals surface area (Å²) in [6.45, 7) is 8.96. The van der Waals surface area contributed by atoms with Crippen LogP contribution in [0.4, 0.5) is 0 Å². The lowest BCUT2D eigenvalue weighted by molar-refractivity contribution is 0.00578. The zero-order chi connectivity index (χ0) is 18.3. The Morgan fingerprint density at radius 3 is 2.24 bits per heavy atom. The van der Waals surface area contributed by atoms with Crippen molar-refractivity contribution in [3.63, 3.8) is 0 Å². The number of rotatable bonds is 5. The lowest BCUT2D eigenvalue weighted by Gasteiger charge is -2.32. The smallest absolute Gasteiger partial charge is 0.399 e. The van der Waals surface area contributed by atoms with Gasteiger partial charge in [-0.05, 0) is 58.1 Å². The van der Waals surface area contributed by atoms with E-state index < -0.39 is 28.3 Å². The standard InChI is InChI=1S/C17H26BNO5S/c1-16(2)17(3,4)24-18(23-16)13-7-9-15(10-8-13)25(20,21)19-12-14-6-5-11-22-14/h7-10,14,19H,5-6,11-12H2,1-4H3. The van der Waals surface area contributed by atoms with Crippen LogP contribution in [-0.4, -0.2) is 46.0 Å². The molecule has 0 bridgehead atoms. The fraction of sp³-hybridized carbons (Fsp3) is 0.647. The minimum atomic E-state index is -3.55. The van der Waals surface area contributed by atoms with Crippen LogP contribution in [0.5, 0.6) is 0 Å². The van der Waals surface area contributed by atoms with Gasteiger partial charge in [-0.3, -0.25) is 0 Å². The van der Waals surface area contributed by atoms with Gasteiger partial charge in [-0.2, -0.15) is 0 Å². The van der Waals surface area contributed by atoms with E-state index in [1.165, 1.54) is 0 Å². The first kappa shape index (κ1) is 18.9. The Balaban J connectivity index is 1.67. The van der Waals surface area contributed by atoms with Crippen LogP contribution in [0.3, 0.4) is 0 Å². The molecule has 2 fully saturated rings. The summed E-state index contributed by atoms with van der Waals surface area (Å²) in [5.74, 6) is 0. The van der Waals surface area contributed by atoms with E-state index in [0.717, 1.165) is 18.3 Å². The highest BCUT2D eigenvalue weighted by Crippen LogP contribution is 2.36. The second-order valence-electron chi connectivity index (χ2n) is 7.64. The quantitative estimate of drug-likeness (QED) is 0.798. The van der Waals surface area contributed by atoms with Gasteiger partial charge in [0.15, 0.2) is 0 Å². The predicted molar refractivity (Wildman–Crippen MR) is 96.3 cm³/mol. The van der Waals surface area contributed by atoms with Gasteiger partial charge in [-0.15, -0.1) is 0 Å². The molecule has 0 spiro atoms. The molecule has 2 heterocycles. The van der Waals surface area contributed by atoms with Crippen LogP contribution in [0.1, 0.15) is 40.5 Å². The molecule has 0 radical (unpaired) electrons. The van der Waals surface area contributed by atoms with E-state index in [1.807, 2.05) is 27.7 Å². The van der Waals surface area contributed by atoms with Crippen LogP contribution in [0.15, 0.2) is 29.2 Å². The Labute approximate surface area is 150 Å². The Morgan fingerprint density at radius 1 is 1.12 bits per heavy atom. The zero-order valence-electron chi connectivity index (χ0n) is 15.2. The fourth-order valence-electron chi connectivity index (χ4n) is 2.87. The lowest BCUT2D eigenvalue weighted by Crippen LogP contribution is -2.41. The van der Waals surface area contributed by atoms with Crippen molar-refractivity contribution in [2.24, 2.45) is 0 Å². The Morgan fingerprint density at radius 2 is 1.72 bits per heavy atom. The molecule has 1 atom stereocenters. The van der Waals surface area contributed by atoms with Crippen LogP contribution in [0.25, 0.3) is 0 Å². The summed E-state index contributed by atoms with van der Waals surface area (Å²) < 4.78 is 44.8. The van der Waals surface area contributed by atoms with Gasteiger partial charge in [-0.25, -0.2) is 13.1 Å². The molecule has 2 aliphatic rings. The van der Waals surface area contributed by atoms with Crippen molar-refractivity contribution < 1.29 is 22.5 Å². The third-order valence-corrected chi connectivity index (χ3v) is 6.68. The van der Waals surface area contributed by atoms with Crippen molar-refractivity contribution in [1.29, 1.82) is 0 Å². The van der Waals surface area contributed by atoms with Crippen molar-refractivity contribution >= 4 is 22.6 Å². The molecule has 6 nitrogen and oxygen atoms in total.